The Kier molecular flexibility index (Phi) is 3.91. The van der Waals surface area contributed by atoms with Crippen LogP contribution in [0.4, 0.5) is 0 Å². The van der Waals surface area contributed by atoms with Gasteiger partial charge in [0.15, 0.2) is 5.82 Å². The molecule has 0 spiro atoms. The smallest absolute Gasteiger partial charge is 0.180 e. The zero-order valence-corrected chi connectivity index (χ0v) is 16.1. The number of aromatic nitrogens is 7. The summed E-state index contributed by atoms with van der Waals surface area (Å²) >= 11 is 1.58. The summed E-state index contributed by atoms with van der Waals surface area (Å²) in [5.41, 5.74) is 4.45. The van der Waals surface area contributed by atoms with Gasteiger partial charge in [-0.05, 0) is 25.1 Å². The van der Waals surface area contributed by atoms with Gasteiger partial charge in [-0.15, -0.1) is 11.3 Å². The van der Waals surface area contributed by atoms with Gasteiger partial charge in [-0.2, -0.15) is 0 Å². The highest BCUT2D eigenvalue weighted by Gasteiger charge is 2.18. The Morgan fingerprint density at radius 3 is 2.61 bits per heavy atom. The third kappa shape index (κ3) is 2.74. The molecule has 7 nitrogen and oxygen atoms in total. The Bertz CT molecular complexity index is 1280. The molecule has 5 rings (SSSR count). The van der Waals surface area contributed by atoms with Crippen LogP contribution in [0.25, 0.3) is 43.6 Å². The average molecular weight is 385 g/mol. The van der Waals surface area contributed by atoms with E-state index in [9.17, 15) is 0 Å². The maximum absolute atomic E-state index is 4.94. The average Bonchev–Trinajstić information content (AvgIpc) is 3.32. The number of rotatable bonds is 3. The van der Waals surface area contributed by atoms with Crippen LogP contribution in [0.1, 0.15) is 5.69 Å². The number of fused-ring (bicyclic) bond motifs is 1. The minimum Gasteiger partial charge on any atom is -0.349 e. The normalized spacial score (nSPS) is 11.2. The first kappa shape index (κ1) is 16.6. The molecular weight excluding hydrogens is 370 g/mol. The van der Waals surface area contributed by atoms with E-state index in [1.807, 2.05) is 24.7 Å². The Labute approximate surface area is 164 Å². The fourth-order valence-corrected chi connectivity index (χ4v) is 4.18. The lowest BCUT2D eigenvalue weighted by atomic mass is 10.1. The Hall–Kier alpha value is -3.52. The molecule has 5 heterocycles. The number of pyridine rings is 1. The van der Waals surface area contributed by atoms with Crippen LogP contribution >= 0.6 is 11.3 Å². The second-order valence-electron chi connectivity index (χ2n) is 6.35. The van der Waals surface area contributed by atoms with Gasteiger partial charge in [0.05, 0.1) is 21.8 Å². The van der Waals surface area contributed by atoms with Gasteiger partial charge in [0.1, 0.15) is 17.0 Å². The van der Waals surface area contributed by atoms with E-state index in [1.54, 1.807) is 42.2 Å². The summed E-state index contributed by atoms with van der Waals surface area (Å²) in [6.45, 7) is 1.99. The third-order valence-corrected chi connectivity index (χ3v) is 5.70. The van der Waals surface area contributed by atoms with Gasteiger partial charge in [-0.1, -0.05) is 0 Å². The second kappa shape index (κ2) is 6.58. The van der Waals surface area contributed by atoms with Gasteiger partial charge in [0.25, 0.3) is 0 Å². The lowest BCUT2D eigenvalue weighted by Crippen LogP contribution is -1.97. The molecule has 0 amide bonds. The van der Waals surface area contributed by atoms with Crippen molar-refractivity contribution in [3.8, 4) is 32.7 Å². The molecule has 136 valence electrons. The van der Waals surface area contributed by atoms with Crippen LogP contribution in [0.5, 0.6) is 0 Å². The van der Waals surface area contributed by atoms with E-state index in [0.717, 1.165) is 43.4 Å². The molecule has 5 aromatic rings. The summed E-state index contributed by atoms with van der Waals surface area (Å²) in [6, 6.07) is 5.97. The molecule has 0 aliphatic heterocycles. The molecule has 5 aromatic heterocycles. The van der Waals surface area contributed by atoms with Crippen LogP contribution in [-0.2, 0) is 7.05 Å². The van der Waals surface area contributed by atoms with Gasteiger partial charge in [-0.25, -0.2) is 29.9 Å². The quantitative estimate of drug-likeness (QED) is 0.468. The van der Waals surface area contributed by atoms with Gasteiger partial charge in [0, 0.05) is 49.0 Å². The molecule has 0 radical (unpaired) electrons. The highest BCUT2D eigenvalue weighted by molar-refractivity contribution is 7.18. The van der Waals surface area contributed by atoms with Crippen molar-refractivity contribution in [2.75, 3.05) is 0 Å². The van der Waals surface area contributed by atoms with Gasteiger partial charge >= 0.3 is 0 Å². The van der Waals surface area contributed by atoms with Crippen LogP contribution in [0, 0.1) is 6.92 Å². The fraction of sp³-hybridized carbons (Fsp3) is 0.100. The Balaban J connectivity index is 1.72. The number of thiazole rings is 1. The molecule has 0 aliphatic carbocycles. The van der Waals surface area contributed by atoms with Crippen molar-refractivity contribution in [2.24, 2.45) is 7.05 Å². The summed E-state index contributed by atoms with van der Waals surface area (Å²) in [4.78, 5) is 27.7. The van der Waals surface area contributed by atoms with E-state index >= 15 is 0 Å². The number of nitrogens with zero attached hydrogens (tertiary/aromatic N) is 7. The highest BCUT2D eigenvalue weighted by atomic mass is 32.1. The molecule has 0 bridgehead atoms. The standard InChI is InChI=1S/C20H15N7S/c1-12-18(28-20(25-12)14-9-21-11-22-10-14)15-8-13-4-7-27(2)17(13)16(26-15)19-23-5-3-6-24-19/h3-11H,1-2H3. The number of hydrogen-bond acceptors (Lipinski definition) is 7. The van der Waals surface area contributed by atoms with Gasteiger partial charge < -0.3 is 4.57 Å². The van der Waals surface area contributed by atoms with Crippen molar-refractivity contribution < 1.29 is 0 Å². The SMILES string of the molecule is Cc1nc(-c2cncnc2)sc1-c1cc2ccn(C)c2c(-c2ncccn2)n1. The largest absolute Gasteiger partial charge is 0.349 e. The lowest BCUT2D eigenvalue weighted by Gasteiger charge is -2.07. The van der Waals surface area contributed by atoms with E-state index in [2.05, 4.69) is 32.1 Å². The summed E-state index contributed by atoms with van der Waals surface area (Å²) in [7, 11) is 2.00. The van der Waals surface area contributed by atoms with Crippen LogP contribution in [0.15, 0.2) is 55.5 Å². The van der Waals surface area contributed by atoms with E-state index in [-0.39, 0.29) is 0 Å². The summed E-state index contributed by atoms with van der Waals surface area (Å²) in [5, 5.41) is 1.97. The molecule has 0 aromatic carbocycles. The number of aryl methyl sites for hydroxylation is 2. The predicted octanol–water partition coefficient (Wildman–Crippen LogP) is 3.92. The second-order valence-corrected chi connectivity index (χ2v) is 7.35. The molecule has 0 atom stereocenters. The van der Waals surface area contributed by atoms with E-state index in [1.165, 1.54) is 6.33 Å². The van der Waals surface area contributed by atoms with Crippen molar-refractivity contribution in [1.29, 1.82) is 0 Å². The van der Waals surface area contributed by atoms with Gasteiger partial charge in [0.2, 0.25) is 0 Å². The van der Waals surface area contributed by atoms with Crippen molar-refractivity contribution >= 4 is 22.2 Å². The van der Waals surface area contributed by atoms with Crippen molar-refractivity contribution in [3.05, 3.63) is 61.2 Å². The lowest BCUT2D eigenvalue weighted by molar-refractivity contribution is 0.963. The molecular formula is C20H15N7S. The summed E-state index contributed by atoms with van der Waals surface area (Å²) < 4.78 is 2.05. The van der Waals surface area contributed by atoms with Crippen molar-refractivity contribution in [1.82, 2.24) is 34.5 Å². The summed E-state index contributed by atoms with van der Waals surface area (Å²) in [5.74, 6) is 0.606. The molecule has 0 N–H and O–H groups in total. The zero-order valence-electron chi connectivity index (χ0n) is 15.2. The van der Waals surface area contributed by atoms with E-state index in [0.29, 0.717) is 5.82 Å². The molecule has 8 heteroatoms. The van der Waals surface area contributed by atoms with Crippen molar-refractivity contribution in [2.45, 2.75) is 6.92 Å². The first-order chi connectivity index (χ1) is 13.7. The van der Waals surface area contributed by atoms with Crippen molar-refractivity contribution in [3.63, 3.8) is 0 Å². The predicted molar refractivity (Wildman–Crippen MR) is 109 cm³/mol. The van der Waals surface area contributed by atoms with Crippen LogP contribution < -0.4 is 0 Å². The number of hydrogen-bond donors (Lipinski definition) is 0. The topological polar surface area (TPSA) is 82.3 Å². The molecule has 28 heavy (non-hydrogen) atoms. The highest BCUT2D eigenvalue weighted by Crippen LogP contribution is 2.37. The minimum atomic E-state index is 0.606. The van der Waals surface area contributed by atoms with Gasteiger partial charge in [-0.3, -0.25) is 0 Å². The third-order valence-electron chi connectivity index (χ3n) is 4.47. The monoisotopic (exact) mass is 385 g/mol. The van der Waals surface area contributed by atoms with E-state index in [4.69, 9.17) is 9.97 Å². The maximum Gasteiger partial charge on any atom is 0.180 e. The fourth-order valence-electron chi connectivity index (χ4n) is 3.18. The molecule has 0 saturated carbocycles. The Morgan fingerprint density at radius 1 is 1.04 bits per heavy atom. The maximum atomic E-state index is 4.94. The summed E-state index contributed by atoms with van der Waals surface area (Å²) in [6.07, 6.45) is 10.5. The molecule has 0 unspecified atom stereocenters. The molecule has 0 aliphatic rings. The zero-order chi connectivity index (χ0) is 19.1. The molecule has 0 fully saturated rings. The van der Waals surface area contributed by atoms with Crippen LogP contribution in [0.2, 0.25) is 0 Å². The van der Waals surface area contributed by atoms with E-state index < -0.39 is 0 Å². The van der Waals surface area contributed by atoms with Crippen LogP contribution in [0.3, 0.4) is 0 Å². The first-order valence-corrected chi connectivity index (χ1v) is 9.49. The Morgan fingerprint density at radius 2 is 1.82 bits per heavy atom. The first-order valence-electron chi connectivity index (χ1n) is 8.67. The minimum absolute atomic E-state index is 0.606. The van der Waals surface area contributed by atoms with Crippen LogP contribution in [-0.4, -0.2) is 34.5 Å². The molecule has 0 saturated heterocycles.